The molecule has 2 aromatic carbocycles. The van der Waals surface area contributed by atoms with Crippen molar-refractivity contribution < 1.29 is 13.9 Å². The molecule has 1 unspecified atom stereocenters. The molecule has 4 aliphatic rings. The van der Waals surface area contributed by atoms with Gasteiger partial charge >= 0.3 is 0 Å². The number of thiol groups is 1. The van der Waals surface area contributed by atoms with Crippen LogP contribution in [0.5, 0.6) is 0 Å². The highest BCUT2D eigenvalue weighted by atomic mass is 32.2. The van der Waals surface area contributed by atoms with Crippen LogP contribution in [0.1, 0.15) is 140 Å². The molecule has 0 amide bonds. The van der Waals surface area contributed by atoms with Gasteiger partial charge in [0.25, 0.3) is 0 Å². The van der Waals surface area contributed by atoms with E-state index >= 15 is 4.39 Å². The van der Waals surface area contributed by atoms with E-state index in [-0.39, 0.29) is 11.4 Å². The Kier molecular flexibility index (Phi) is 23.9. The fourth-order valence-corrected chi connectivity index (χ4v) is 9.07. The molecule has 2 fully saturated rings. The molecule has 12 heteroatoms. The molecule has 60 heavy (non-hydrogen) atoms. The Balaban J connectivity index is 0.000000846. The van der Waals surface area contributed by atoms with Crippen molar-refractivity contribution in [3.05, 3.63) is 80.5 Å². The number of unbranched alkanes of at least 4 members (excludes halogenated alkanes) is 1. The van der Waals surface area contributed by atoms with Gasteiger partial charge in [-0.15, -0.1) is 33.6 Å². The van der Waals surface area contributed by atoms with E-state index in [4.69, 9.17) is 25.6 Å². The van der Waals surface area contributed by atoms with Gasteiger partial charge in [0.05, 0.1) is 35.8 Å². The number of nitriles is 1. The molecule has 0 radical (unpaired) electrons. The van der Waals surface area contributed by atoms with Crippen LogP contribution < -0.4 is 11.1 Å². The highest BCUT2D eigenvalue weighted by molar-refractivity contribution is 7.99. The summed E-state index contributed by atoms with van der Waals surface area (Å²) >= 11 is 5.80. The number of halogens is 1. The molecule has 4 heterocycles. The van der Waals surface area contributed by atoms with Crippen molar-refractivity contribution in [1.82, 2.24) is 10.2 Å². The zero-order valence-electron chi connectivity index (χ0n) is 38.3. The van der Waals surface area contributed by atoms with Crippen molar-refractivity contribution in [3.8, 4) is 17.2 Å². The van der Waals surface area contributed by atoms with E-state index in [0.29, 0.717) is 70.5 Å². The van der Waals surface area contributed by atoms with E-state index in [9.17, 15) is 5.26 Å². The number of amidine groups is 1. The quantitative estimate of drug-likeness (QED) is 0.0551. The Bertz CT molecular complexity index is 1890. The molecular weight excluding hydrogens is 807 g/mol. The van der Waals surface area contributed by atoms with Gasteiger partial charge in [0.2, 0.25) is 0 Å². The maximum atomic E-state index is 15.1. The van der Waals surface area contributed by atoms with Gasteiger partial charge in [0, 0.05) is 28.3 Å². The summed E-state index contributed by atoms with van der Waals surface area (Å²) in [5.74, 6) is 1.43. The molecular formula is C48H74FN6O2PS2. The second-order valence-corrected chi connectivity index (χ2v) is 16.8. The van der Waals surface area contributed by atoms with Crippen LogP contribution in [-0.4, -0.2) is 60.6 Å². The van der Waals surface area contributed by atoms with Crippen molar-refractivity contribution >= 4 is 50.8 Å². The first-order valence-corrected chi connectivity index (χ1v) is 24.4. The second kappa shape index (κ2) is 27.0. The van der Waals surface area contributed by atoms with Crippen LogP contribution in [0.3, 0.4) is 0 Å². The van der Waals surface area contributed by atoms with Crippen LogP contribution in [0, 0.1) is 36.4 Å². The van der Waals surface area contributed by atoms with Crippen LogP contribution in [0.25, 0.3) is 16.7 Å². The highest BCUT2D eigenvalue weighted by Crippen LogP contribution is 2.47. The van der Waals surface area contributed by atoms with Crippen molar-refractivity contribution in [3.63, 3.8) is 0 Å². The van der Waals surface area contributed by atoms with Crippen LogP contribution in [0.4, 0.5) is 4.39 Å². The predicted octanol–water partition coefficient (Wildman–Crippen LogP) is 12.3. The SMILES string of the molecule is C=C(S)CN=C(N/C(=C/CCC)OCC12CCCN1CCC2)c1c(C)c(C)c(-c2ccc(F)c3c2C(C#N)=C(N)CS3)c2c1COC2.CC.CCC.CCCC(C)=N.CP. The number of nitrogens with one attached hydrogen (secondary N) is 2. The van der Waals surface area contributed by atoms with Gasteiger partial charge in [-0.3, -0.25) is 9.89 Å². The largest absolute Gasteiger partial charge is 0.477 e. The lowest BCUT2D eigenvalue weighted by Crippen LogP contribution is -2.43. The van der Waals surface area contributed by atoms with E-state index in [0.717, 1.165) is 83.4 Å². The molecule has 6 rings (SSSR count). The van der Waals surface area contributed by atoms with E-state index in [1.807, 2.05) is 27.4 Å². The third-order valence-electron chi connectivity index (χ3n) is 10.7. The number of thioether (sulfide) groups is 1. The molecule has 0 aliphatic carbocycles. The number of allylic oxidation sites excluding steroid dienone is 2. The summed E-state index contributed by atoms with van der Waals surface area (Å²) in [6.45, 7) is 28.4. The number of rotatable bonds is 12. The van der Waals surface area contributed by atoms with Crippen LogP contribution in [0.15, 0.2) is 51.2 Å². The molecule has 1 atom stereocenters. The number of nitrogens with two attached hydrogens (primary N) is 1. The minimum Gasteiger partial charge on any atom is -0.477 e. The number of hydrogen-bond acceptors (Lipinski definition) is 9. The van der Waals surface area contributed by atoms with Gasteiger partial charge in [-0.1, -0.05) is 80.1 Å². The fourth-order valence-electron chi connectivity index (χ4n) is 7.99. The molecule has 0 aromatic heterocycles. The monoisotopic (exact) mass is 881 g/mol. The minimum absolute atomic E-state index is 0.111. The number of ether oxygens (including phenoxy) is 2. The van der Waals surface area contributed by atoms with Crippen LogP contribution >= 0.6 is 33.6 Å². The fraction of sp³-hybridized carbons (Fsp3) is 0.562. The molecule has 0 bridgehead atoms. The number of benzene rings is 2. The van der Waals surface area contributed by atoms with Crippen molar-refractivity contribution in [1.29, 1.82) is 10.7 Å². The van der Waals surface area contributed by atoms with Gasteiger partial charge in [0.15, 0.2) is 5.88 Å². The average Bonchev–Trinajstić information content (AvgIpc) is 3.98. The third-order valence-corrected chi connectivity index (χ3v) is 11.9. The lowest BCUT2D eigenvalue weighted by Gasteiger charge is -2.32. The molecule has 2 saturated heterocycles. The average molecular weight is 881 g/mol. The summed E-state index contributed by atoms with van der Waals surface area (Å²) in [6.07, 6.45) is 12.1. The highest BCUT2D eigenvalue weighted by Gasteiger charge is 2.45. The second-order valence-electron chi connectivity index (χ2n) is 15.2. The van der Waals surface area contributed by atoms with E-state index in [1.165, 1.54) is 49.9 Å². The molecule has 0 spiro atoms. The van der Waals surface area contributed by atoms with Gasteiger partial charge in [-0.05, 0) is 123 Å². The summed E-state index contributed by atoms with van der Waals surface area (Å²) in [5.41, 5.74) is 15.3. The van der Waals surface area contributed by atoms with E-state index in [2.05, 4.69) is 92.4 Å². The Morgan fingerprint density at radius 2 is 1.75 bits per heavy atom. The molecule has 332 valence electrons. The van der Waals surface area contributed by atoms with Gasteiger partial charge < -0.3 is 25.9 Å². The Morgan fingerprint density at radius 1 is 1.12 bits per heavy atom. The smallest absolute Gasteiger partial charge is 0.188 e. The Labute approximate surface area is 374 Å². The summed E-state index contributed by atoms with van der Waals surface area (Å²) < 4.78 is 27.9. The number of fused-ring (bicyclic) bond motifs is 3. The molecule has 8 nitrogen and oxygen atoms in total. The number of nitrogens with zero attached hydrogens (tertiary/aromatic N) is 3. The summed E-state index contributed by atoms with van der Waals surface area (Å²) in [5, 5.41) is 20.6. The topological polar surface area (TPSA) is 120 Å². The van der Waals surface area contributed by atoms with Gasteiger partial charge in [0.1, 0.15) is 24.3 Å². The van der Waals surface area contributed by atoms with Gasteiger partial charge in [-0.2, -0.15) is 5.26 Å². The third kappa shape index (κ3) is 13.4. The zero-order valence-corrected chi connectivity index (χ0v) is 41.2. The first-order valence-electron chi connectivity index (χ1n) is 21.8. The predicted molar refractivity (Wildman–Crippen MR) is 263 cm³/mol. The molecule has 4 aliphatic heterocycles. The van der Waals surface area contributed by atoms with Crippen LogP contribution in [0.2, 0.25) is 0 Å². The van der Waals surface area contributed by atoms with Crippen LogP contribution in [-0.2, 0) is 22.7 Å². The van der Waals surface area contributed by atoms with Crippen molar-refractivity contribution in [2.45, 2.75) is 144 Å². The van der Waals surface area contributed by atoms with Crippen molar-refractivity contribution in [2.24, 2.45) is 10.7 Å². The summed E-state index contributed by atoms with van der Waals surface area (Å²) in [4.78, 5) is 8.73. The molecule has 4 N–H and O–H groups in total. The van der Waals surface area contributed by atoms with E-state index in [1.54, 1.807) is 6.07 Å². The van der Waals surface area contributed by atoms with E-state index < -0.39 is 0 Å². The standard InChI is InChI=1S/C37H44FN5O2S2.C5H11N.C3H8.C2H6.CH5P/c1-5-6-9-31(45-21-37-12-7-14-43(37)15-8-13-37)42-36(41-17-22(2)46)33-24(4)23(3)32(27-18-44-19-28(27)33)25-10-11-29(38)35-34(25)26(16-39)30(40)20-47-35;1-3-4-5(2)6;1-3-2;2*1-2/h9-11,46H,2,5-8,12-15,17-21,40H2,1,3-4H3,(H,41,42);6H,3-4H2,1-2H3;3H2,1-2H3;1-2H3;2H2,1H3/b31-9-;;;;. The first-order chi connectivity index (χ1) is 28.9. The maximum Gasteiger partial charge on any atom is 0.188 e. The number of aliphatic imine (C=N–C) groups is 1. The molecule has 0 saturated carbocycles. The Hall–Kier alpha value is -3.13. The Morgan fingerprint density at radius 3 is 2.30 bits per heavy atom. The summed E-state index contributed by atoms with van der Waals surface area (Å²) in [7, 11) is 2.42. The maximum absolute atomic E-state index is 15.1. The lowest BCUT2D eigenvalue weighted by molar-refractivity contribution is 0.0682. The number of hydrogen-bond donors (Lipinski definition) is 4. The lowest BCUT2D eigenvalue weighted by atomic mass is 9.82. The molecule has 2 aromatic rings. The zero-order chi connectivity index (χ0) is 45.0. The van der Waals surface area contributed by atoms with Crippen molar-refractivity contribution in [2.75, 3.05) is 38.7 Å². The summed E-state index contributed by atoms with van der Waals surface area (Å²) in [6, 6.07) is 5.53. The normalized spacial score (nSPS) is 16.2. The minimum atomic E-state index is -0.345. The first kappa shape index (κ1) is 53.0. The van der Waals surface area contributed by atoms with Gasteiger partial charge in [-0.25, -0.2) is 4.39 Å².